The second-order valence-electron chi connectivity index (χ2n) is 9.57. The molecule has 4 rings (SSSR count). The number of ether oxygens (including phenoxy) is 1. The Morgan fingerprint density at radius 1 is 1.12 bits per heavy atom. The lowest BCUT2D eigenvalue weighted by Crippen LogP contribution is -2.28. The van der Waals surface area contributed by atoms with Crippen molar-refractivity contribution in [3.05, 3.63) is 106 Å². The van der Waals surface area contributed by atoms with Crippen LogP contribution in [0.5, 0.6) is 5.75 Å². The van der Waals surface area contributed by atoms with Gasteiger partial charge in [-0.2, -0.15) is 4.39 Å². The van der Waals surface area contributed by atoms with E-state index in [1.807, 2.05) is 37.3 Å². The number of amides is 1. The number of fused-ring (bicyclic) bond motifs is 1. The zero-order chi connectivity index (χ0) is 30.1. The number of hydrogen-bond donors (Lipinski definition) is 3. The molecule has 0 saturated carbocycles. The van der Waals surface area contributed by atoms with Crippen LogP contribution in [0.25, 0.3) is 22.0 Å². The quantitative estimate of drug-likeness (QED) is 0.103. The lowest BCUT2D eigenvalue weighted by molar-refractivity contribution is -0.125. The predicted octanol–water partition coefficient (Wildman–Crippen LogP) is 5.84. The molecule has 0 bridgehead atoms. The van der Waals surface area contributed by atoms with E-state index in [9.17, 15) is 13.6 Å². The lowest BCUT2D eigenvalue weighted by atomic mass is 9.87. The van der Waals surface area contributed by atoms with Crippen LogP contribution >= 0.6 is 11.6 Å². The molecule has 0 fully saturated rings. The number of nitrogens with zero attached hydrogens (tertiary/aromatic N) is 2. The van der Waals surface area contributed by atoms with Gasteiger partial charge in [-0.3, -0.25) is 9.89 Å². The molecule has 10 heteroatoms. The first-order valence-electron chi connectivity index (χ1n) is 13.6. The average Bonchev–Trinajstić information content (AvgIpc) is 3.36. The van der Waals surface area contributed by atoms with Crippen LogP contribution in [-0.2, 0) is 4.79 Å². The summed E-state index contributed by atoms with van der Waals surface area (Å²) in [6.07, 6.45) is 3.79. The molecule has 1 heterocycles. The first-order valence-corrected chi connectivity index (χ1v) is 14.0. The number of rotatable bonds is 13. The number of aliphatic hydroxyl groups is 1. The third kappa shape index (κ3) is 7.61. The Hall–Kier alpha value is -4.05. The van der Waals surface area contributed by atoms with E-state index in [2.05, 4.69) is 15.5 Å². The van der Waals surface area contributed by atoms with Gasteiger partial charge in [0.15, 0.2) is 0 Å². The fourth-order valence-electron chi connectivity index (χ4n) is 4.58. The summed E-state index contributed by atoms with van der Waals surface area (Å²) in [7, 11) is 1.63. The van der Waals surface area contributed by atoms with Gasteiger partial charge in [0, 0.05) is 32.8 Å². The molecule has 0 aliphatic carbocycles. The maximum absolute atomic E-state index is 14.4. The summed E-state index contributed by atoms with van der Waals surface area (Å²) in [5.41, 5.74) is 4.64. The predicted molar refractivity (Wildman–Crippen MR) is 162 cm³/mol. The topological polar surface area (TPSA) is 90.5 Å². The number of carbonyl (C=O) groups excluding carboxylic acids is 1. The number of carbonyl (C=O) groups is 1. The molecular formula is C32H33ClF2N4O3. The minimum atomic E-state index is -0.586. The summed E-state index contributed by atoms with van der Waals surface area (Å²) in [6, 6.07) is 17.3. The summed E-state index contributed by atoms with van der Waals surface area (Å²) < 4.78 is 34.1. The number of H-pyrrole nitrogens is 1. The SMILES string of the molecule is CCC(=C(c1ccc(OCCNCC=CC(=O)N(C)CCO)cc1)c1ccc2[nH]nc(F)c2c1)c1ccc(F)cc1Cl. The molecule has 0 unspecified atom stereocenters. The number of halogens is 3. The van der Waals surface area contributed by atoms with Crippen LogP contribution in [0.15, 0.2) is 72.8 Å². The molecule has 4 aromatic rings. The molecule has 42 heavy (non-hydrogen) atoms. The Labute approximate surface area is 248 Å². The fourth-order valence-corrected chi connectivity index (χ4v) is 4.86. The second kappa shape index (κ2) is 14.7. The average molecular weight is 595 g/mol. The van der Waals surface area contributed by atoms with E-state index in [0.29, 0.717) is 59.9 Å². The molecule has 0 aliphatic rings. The van der Waals surface area contributed by atoms with Crippen molar-refractivity contribution in [1.82, 2.24) is 20.4 Å². The monoisotopic (exact) mass is 594 g/mol. The van der Waals surface area contributed by atoms with Gasteiger partial charge in [-0.15, -0.1) is 5.10 Å². The van der Waals surface area contributed by atoms with Gasteiger partial charge in [-0.1, -0.05) is 48.9 Å². The normalized spacial score (nSPS) is 12.1. The number of nitrogens with one attached hydrogen (secondary N) is 2. The van der Waals surface area contributed by atoms with E-state index >= 15 is 0 Å². The smallest absolute Gasteiger partial charge is 0.246 e. The minimum absolute atomic E-state index is 0.0757. The van der Waals surface area contributed by atoms with Gasteiger partial charge in [0.1, 0.15) is 18.2 Å². The van der Waals surface area contributed by atoms with Crippen molar-refractivity contribution < 1.29 is 23.4 Å². The van der Waals surface area contributed by atoms with Gasteiger partial charge >= 0.3 is 0 Å². The number of aliphatic hydroxyl groups excluding tert-OH is 1. The summed E-state index contributed by atoms with van der Waals surface area (Å²) in [5.74, 6) is -0.504. The number of allylic oxidation sites excluding steroid dienone is 1. The van der Waals surface area contributed by atoms with Crippen LogP contribution in [0.3, 0.4) is 0 Å². The summed E-state index contributed by atoms with van der Waals surface area (Å²) in [5, 5.41) is 19.1. The molecule has 0 radical (unpaired) electrons. The highest BCUT2D eigenvalue weighted by atomic mass is 35.5. The van der Waals surface area contributed by atoms with Crippen molar-refractivity contribution in [2.45, 2.75) is 13.3 Å². The molecule has 7 nitrogen and oxygen atoms in total. The maximum Gasteiger partial charge on any atom is 0.246 e. The van der Waals surface area contributed by atoms with Gasteiger partial charge in [0.2, 0.25) is 11.9 Å². The van der Waals surface area contributed by atoms with E-state index in [-0.39, 0.29) is 12.5 Å². The molecule has 1 amide bonds. The molecule has 0 atom stereocenters. The maximum atomic E-state index is 14.4. The van der Waals surface area contributed by atoms with Crippen LogP contribution in [0.4, 0.5) is 8.78 Å². The molecule has 1 aromatic heterocycles. The summed E-state index contributed by atoms with van der Waals surface area (Å²) in [4.78, 5) is 13.3. The Morgan fingerprint density at radius 2 is 1.88 bits per heavy atom. The van der Waals surface area contributed by atoms with Crippen molar-refractivity contribution in [2.24, 2.45) is 0 Å². The van der Waals surface area contributed by atoms with Gasteiger partial charge in [0.05, 0.1) is 22.5 Å². The molecule has 220 valence electrons. The van der Waals surface area contributed by atoms with Crippen LogP contribution in [0.2, 0.25) is 5.02 Å². The molecule has 3 aromatic carbocycles. The van der Waals surface area contributed by atoms with E-state index in [4.69, 9.17) is 21.4 Å². The van der Waals surface area contributed by atoms with Crippen LogP contribution < -0.4 is 10.1 Å². The number of aromatic nitrogens is 2. The van der Waals surface area contributed by atoms with Gasteiger partial charge in [0.25, 0.3) is 0 Å². The zero-order valence-corrected chi connectivity index (χ0v) is 24.2. The second-order valence-corrected chi connectivity index (χ2v) is 9.98. The third-order valence-electron chi connectivity index (χ3n) is 6.74. The van der Waals surface area contributed by atoms with Gasteiger partial charge < -0.3 is 20.1 Å². The van der Waals surface area contributed by atoms with Crippen molar-refractivity contribution in [3.63, 3.8) is 0 Å². The van der Waals surface area contributed by atoms with Crippen molar-refractivity contribution in [3.8, 4) is 5.75 Å². The fraction of sp³-hybridized carbons (Fsp3) is 0.250. The Kier molecular flexibility index (Phi) is 10.8. The Bertz CT molecular complexity index is 1580. The summed E-state index contributed by atoms with van der Waals surface area (Å²) in [6.45, 7) is 3.69. The van der Waals surface area contributed by atoms with Crippen LogP contribution in [-0.4, -0.2) is 66.0 Å². The van der Waals surface area contributed by atoms with Crippen molar-refractivity contribution >= 4 is 39.6 Å². The van der Waals surface area contributed by atoms with Gasteiger partial charge in [-0.05, 0) is 70.7 Å². The first kappa shape index (κ1) is 30.9. The van der Waals surface area contributed by atoms with Crippen LogP contribution in [0, 0.1) is 11.8 Å². The largest absolute Gasteiger partial charge is 0.492 e. The molecule has 0 aliphatic heterocycles. The molecule has 0 saturated heterocycles. The minimum Gasteiger partial charge on any atom is -0.492 e. The number of benzene rings is 3. The van der Waals surface area contributed by atoms with Gasteiger partial charge in [-0.25, -0.2) is 4.39 Å². The number of likely N-dealkylation sites (N-methyl/N-ethyl adjacent to an activating group) is 1. The van der Waals surface area contributed by atoms with Crippen molar-refractivity contribution in [1.29, 1.82) is 0 Å². The highest BCUT2D eigenvalue weighted by Crippen LogP contribution is 2.38. The third-order valence-corrected chi connectivity index (χ3v) is 7.05. The van der Waals surface area contributed by atoms with E-state index < -0.39 is 11.8 Å². The highest BCUT2D eigenvalue weighted by Gasteiger charge is 2.17. The van der Waals surface area contributed by atoms with E-state index in [0.717, 1.165) is 22.3 Å². The number of aromatic amines is 1. The van der Waals surface area contributed by atoms with E-state index in [1.165, 1.54) is 23.1 Å². The highest BCUT2D eigenvalue weighted by molar-refractivity contribution is 6.32. The lowest BCUT2D eigenvalue weighted by Gasteiger charge is -2.18. The standard InChI is InChI=1S/C32H33ClF2N4O3/c1-3-25(26-12-9-23(34)20-28(26)33)31(22-8-13-29-27(19-22)32(35)38-37-29)21-6-10-24(11-7-21)42-18-15-36-14-4-5-30(41)39(2)16-17-40/h4-13,19-20,36,40H,3,14-18H2,1-2H3,(H,37,38). The first-order chi connectivity index (χ1) is 20.3. The van der Waals surface area contributed by atoms with Crippen molar-refractivity contribution in [2.75, 3.05) is 39.9 Å². The zero-order valence-electron chi connectivity index (χ0n) is 23.5. The molecule has 3 N–H and O–H groups in total. The molecule has 0 spiro atoms. The van der Waals surface area contributed by atoms with Crippen LogP contribution in [0.1, 0.15) is 30.0 Å². The summed E-state index contributed by atoms with van der Waals surface area (Å²) >= 11 is 6.49. The Balaban J connectivity index is 1.52. The van der Waals surface area contributed by atoms with E-state index in [1.54, 1.807) is 31.3 Å². The molecular weight excluding hydrogens is 562 g/mol. The number of hydrogen-bond acceptors (Lipinski definition) is 5. The Morgan fingerprint density at radius 3 is 2.60 bits per heavy atom.